The lowest BCUT2D eigenvalue weighted by molar-refractivity contribution is -0.00247. The summed E-state index contributed by atoms with van der Waals surface area (Å²) < 4.78 is 17.0. The topological polar surface area (TPSA) is 34.2 Å². The van der Waals surface area contributed by atoms with Crippen LogP contribution < -0.4 is 4.74 Å². The number of rotatable bonds is 6. The zero-order valence-corrected chi connectivity index (χ0v) is 16.9. The van der Waals surface area contributed by atoms with Crippen molar-refractivity contribution in [3.8, 4) is 5.75 Å². The van der Waals surface area contributed by atoms with E-state index in [1.807, 2.05) is 6.07 Å². The first-order valence-electron chi connectivity index (χ1n) is 10.2. The summed E-state index contributed by atoms with van der Waals surface area (Å²) in [6.07, 6.45) is 3.76. The quantitative estimate of drug-likeness (QED) is 0.740. The van der Waals surface area contributed by atoms with Crippen LogP contribution in [0.4, 0.5) is 0 Å². The summed E-state index contributed by atoms with van der Waals surface area (Å²) in [6, 6.07) is 6.23. The van der Waals surface area contributed by atoms with Crippen LogP contribution in [0.15, 0.2) is 18.2 Å². The normalized spacial score (nSPS) is 27.3. The van der Waals surface area contributed by atoms with E-state index in [1.165, 1.54) is 24.8 Å². The largest absolute Gasteiger partial charge is 0.491 e. The van der Waals surface area contributed by atoms with Crippen LogP contribution in [0.1, 0.15) is 24.8 Å². The van der Waals surface area contributed by atoms with E-state index in [1.54, 1.807) is 0 Å². The van der Waals surface area contributed by atoms with Crippen molar-refractivity contribution in [1.82, 2.24) is 9.80 Å². The Labute approximate surface area is 167 Å². The standard InChI is InChI=1S/C21H31ClN2O3/c22-19-14-18(15-24-6-5-21(16-24)4-1-10-26-17-21)2-3-20(19)27-13-9-23-7-11-25-12-8-23/h2-3,14H,1,4-13,15-17H2. The van der Waals surface area contributed by atoms with Crippen molar-refractivity contribution >= 4 is 11.6 Å². The third-order valence-electron chi connectivity index (χ3n) is 6.09. The molecule has 3 aliphatic rings. The fourth-order valence-corrected chi connectivity index (χ4v) is 4.78. The smallest absolute Gasteiger partial charge is 0.137 e. The highest BCUT2D eigenvalue weighted by molar-refractivity contribution is 6.32. The van der Waals surface area contributed by atoms with Gasteiger partial charge in [-0.15, -0.1) is 0 Å². The molecular formula is C21H31ClN2O3. The number of morpholine rings is 1. The molecule has 0 amide bonds. The Hall–Kier alpha value is -0.850. The van der Waals surface area contributed by atoms with Gasteiger partial charge >= 0.3 is 0 Å². The molecule has 1 aromatic rings. The van der Waals surface area contributed by atoms with Crippen molar-refractivity contribution in [3.63, 3.8) is 0 Å². The lowest BCUT2D eigenvalue weighted by Crippen LogP contribution is -2.38. The molecule has 3 heterocycles. The van der Waals surface area contributed by atoms with Gasteiger partial charge in [0, 0.05) is 44.7 Å². The van der Waals surface area contributed by atoms with Crippen molar-refractivity contribution in [2.24, 2.45) is 5.41 Å². The molecule has 6 heteroatoms. The van der Waals surface area contributed by atoms with Gasteiger partial charge in [0.25, 0.3) is 0 Å². The fraction of sp³-hybridized carbons (Fsp3) is 0.714. The summed E-state index contributed by atoms with van der Waals surface area (Å²) >= 11 is 6.48. The maximum absolute atomic E-state index is 6.48. The molecule has 5 nitrogen and oxygen atoms in total. The average Bonchev–Trinajstić information content (AvgIpc) is 3.06. The van der Waals surface area contributed by atoms with Crippen molar-refractivity contribution in [3.05, 3.63) is 28.8 Å². The molecule has 1 spiro atoms. The minimum atomic E-state index is 0.393. The van der Waals surface area contributed by atoms with E-state index in [0.717, 1.165) is 71.4 Å². The van der Waals surface area contributed by atoms with Gasteiger partial charge in [-0.05, 0) is 43.5 Å². The molecule has 0 radical (unpaired) electrons. The van der Waals surface area contributed by atoms with Crippen molar-refractivity contribution < 1.29 is 14.2 Å². The Bertz CT molecular complexity index is 615. The summed E-state index contributed by atoms with van der Waals surface area (Å²) in [5.74, 6) is 0.784. The molecule has 0 N–H and O–H groups in total. The van der Waals surface area contributed by atoms with Gasteiger partial charge < -0.3 is 14.2 Å². The van der Waals surface area contributed by atoms with Crippen LogP contribution in [-0.4, -0.2) is 75.6 Å². The van der Waals surface area contributed by atoms with E-state index in [-0.39, 0.29) is 0 Å². The van der Waals surface area contributed by atoms with Gasteiger partial charge in [0.15, 0.2) is 0 Å². The fourth-order valence-electron chi connectivity index (χ4n) is 4.52. The maximum atomic E-state index is 6.48. The first-order chi connectivity index (χ1) is 13.2. The Morgan fingerprint density at radius 3 is 2.70 bits per heavy atom. The number of hydrogen-bond acceptors (Lipinski definition) is 5. The molecule has 150 valence electrons. The summed E-state index contributed by atoms with van der Waals surface area (Å²) in [5, 5.41) is 0.712. The molecule has 27 heavy (non-hydrogen) atoms. The van der Waals surface area contributed by atoms with Crippen LogP contribution in [0.3, 0.4) is 0 Å². The summed E-state index contributed by atoms with van der Waals surface area (Å²) in [5.41, 5.74) is 1.65. The third kappa shape index (κ3) is 5.15. The van der Waals surface area contributed by atoms with Crippen LogP contribution in [0.25, 0.3) is 0 Å². The third-order valence-corrected chi connectivity index (χ3v) is 6.39. The highest BCUT2D eigenvalue weighted by Gasteiger charge is 2.39. The molecule has 0 aromatic heterocycles. The van der Waals surface area contributed by atoms with Crippen molar-refractivity contribution in [1.29, 1.82) is 0 Å². The van der Waals surface area contributed by atoms with Gasteiger partial charge in [-0.3, -0.25) is 9.80 Å². The minimum Gasteiger partial charge on any atom is -0.491 e. The zero-order chi connectivity index (χ0) is 18.5. The Kier molecular flexibility index (Phi) is 6.56. The lowest BCUT2D eigenvalue weighted by Gasteiger charge is -2.33. The SMILES string of the molecule is Clc1cc(CN2CCC3(CCCOC3)C2)ccc1OCCN1CCOCC1. The zero-order valence-electron chi connectivity index (χ0n) is 16.1. The molecule has 1 unspecified atom stereocenters. The van der Waals surface area contributed by atoms with Gasteiger partial charge in [-0.25, -0.2) is 0 Å². The van der Waals surface area contributed by atoms with Gasteiger partial charge in [0.2, 0.25) is 0 Å². The van der Waals surface area contributed by atoms with Gasteiger partial charge in [-0.1, -0.05) is 17.7 Å². The highest BCUT2D eigenvalue weighted by atomic mass is 35.5. The van der Waals surface area contributed by atoms with E-state index in [0.29, 0.717) is 17.0 Å². The van der Waals surface area contributed by atoms with E-state index in [2.05, 4.69) is 21.9 Å². The molecule has 4 rings (SSSR count). The van der Waals surface area contributed by atoms with Gasteiger partial charge in [0.1, 0.15) is 12.4 Å². The summed E-state index contributed by atoms with van der Waals surface area (Å²) in [7, 11) is 0. The molecule has 1 aromatic carbocycles. The number of benzene rings is 1. The minimum absolute atomic E-state index is 0.393. The molecule has 1 atom stereocenters. The Morgan fingerprint density at radius 1 is 1.04 bits per heavy atom. The molecule has 3 saturated heterocycles. The number of nitrogens with zero attached hydrogens (tertiary/aromatic N) is 2. The van der Waals surface area contributed by atoms with Crippen molar-refractivity contribution in [2.75, 3.05) is 65.8 Å². The van der Waals surface area contributed by atoms with Crippen LogP contribution in [0, 0.1) is 5.41 Å². The first kappa shape index (κ1) is 19.5. The number of likely N-dealkylation sites (tertiary alicyclic amines) is 1. The predicted molar refractivity (Wildman–Crippen MR) is 107 cm³/mol. The lowest BCUT2D eigenvalue weighted by atomic mass is 9.82. The second kappa shape index (κ2) is 9.10. The Morgan fingerprint density at radius 2 is 1.93 bits per heavy atom. The Balaban J connectivity index is 1.25. The highest BCUT2D eigenvalue weighted by Crippen LogP contribution is 2.38. The molecule has 3 aliphatic heterocycles. The van der Waals surface area contributed by atoms with Crippen molar-refractivity contribution in [2.45, 2.75) is 25.8 Å². The van der Waals surface area contributed by atoms with Crippen LogP contribution >= 0.6 is 11.6 Å². The van der Waals surface area contributed by atoms with E-state index in [4.69, 9.17) is 25.8 Å². The molecule has 0 aliphatic carbocycles. The number of ether oxygens (including phenoxy) is 3. The van der Waals surface area contributed by atoms with E-state index >= 15 is 0 Å². The second-order valence-corrected chi connectivity index (χ2v) is 8.59. The molecular weight excluding hydrogens is 364 g/mol. The monoisotopic (exact) mass is 394 g/mol. The molecule has 3 fully saturated rings. The molecule has 0 bridgehead atoms. The van der Waals surface area contributed by atoms with Crippen LogP contribution in [0.5, 0.6) is 5.75 Å². The molecule has 0 saturated carbocycles. The second-order valence-electron chi connectivity index (χ2n) is 8.18. The summed E-state index contributed by atoms with van der Waals surface area (Å²) in [4.78, 5) is 4.91. The van der Waals surface area contributed by atoms with Crippen LogP contribution in [0.2, 0.25) is 5.02 Å². The van der Waals surface area contributed by atoms with E-state index < -0.39 is 0 Å². The maximum Gasteiger partial charge on any atom is 0.137 e. The summed E-state index contributed by atoms with van der Waals surface area (Å²) in [6.45, 7) is 10.3. The van der Waals surface area contributed by atoms with Crippen LogP contribution in [-0.2, 0) is 16.0 Å². The van der Waals surface area contributed by atoms with E-state index in [9.17, 15) is 0 Å². The van der Waals surface area contributed by atoms with Gasteiger partial charge in [-0.2, -0.15) is 0 Å². The first-order valence-corrected chi connectivity index (χ1v) is 10.6. The predicted octanol–water partition coefficient (Wildman–Crippen LogP) is 3.05. The number of halogens is 1. The number of hydrogen-bond donors (Lipinski definition) is 0. The van der Waals surface area contributed by atoms with Gasteiger partial charge in [0.05, 0.1) is 24.8 Å². The average molecular weight is 395 g/mol.